The molecule has 0 aliphatic heterocycles. The topological polar surface area (TPSA) is 68.3 Å². The van der Waals surface area contributed by atoms with Crippen LogP contribution in [-0.2, 0) is 13.0 Å². The van der Waals surface area contributed by atoms with Gasteiger partial charge in [-0.15, -0.1) is 0 Å². The minimum atomic E-state index is -0.533. The number of hydrogen-bond donors (Lipinski definition) is 1. The van der Waals surface area contributed by atoms with Gasteiger partial charge in [-0.2, -0.15) is 0 Å². The van der Waals surface area contributed by atoms with Crippen molar-refractivity contribution >= 4 is 21.8 Å². The van der Waals surface area contributed by atoms with Gasteiger partial charge in [-0.05, 0) is 37.1 Å². The molecule has 1 N–H and O–H groups in total. The molecule has 5 nitrogen and oxygen atoms in total. The molecule has 1 aromatic carbocycles. The third kappa shape index (κ3) is 4.18. The van der Waals surface area contributed by atoms with Crippen molar-refractivity contribution < 1.29 is 9.34 Å². The number of rotatable bonds is 6. The molecule has 106 valence electrons. The molecule has 6 heteroatoms. The van der Waals surface area contributed by atoms with Gasteiger partial charge in [-0.3, -0.25) is 10.1 Å². The first kappa shape index (κ1) is 14.7. The molecule has 0 aliphatic carbocycles. The number of nitrogens with zero attached hydrogens (tertiary/aromatic N) is 1. The number of nitrogens with one attached hydrogen (secondary N) is 1. The van der Waals surface area contributed by atoms with E-state index in [1.54, 1.807) is 6.07 Å². The molecule has 1 unspecified atom stereocenters. The molecule has 1 heterocycles. The zero-order chi connectivity index (χ0) is 14.5. The highest BCUT2D eigenvalue weighted by molar-refractivity contribution is 9.10. The Morgan fingerprint density at radius 2 is 2.00 bits per heavy atom. The van der Waals surface area contributed by atoms with Crippen LogP contribution in [-0.4, -0.2) is 11.0 Å². The maximum Gasteiger partial charge on any atom is 0.433 e. The second kappa shape index (κ2) is 6.67. The van der Waals surface area contributed by atoms with Crippen LogP contribution in [0, 0.1) is 10.1 Å². The van der Waals surface area contributed by atoms with Gasteiger partial charge in [0, 0.05) is 10.5 Å². The van der Waals surface area contributed by atoms with Gasteiger partial charge < -0.3 is 9.73 Å². The Hall–Kier alpha value is -1.66. The van der Waals surface area contributed by atoms with Crippen molar-refractivity contribution in [1.82, 2.24) is 5.32 Å². The minimum absolute atomic E-state index is 0.220. The van der Waals surface area contributed by atoms with E-state index >= 15 is 0 Å². The van der Waals surface area contributed by atoms with Crippen LogP contribution in [0.25, 0.3) is 0 Å². The van der Waals surface area contributed by atoms with Gasteiger partial charge in [0.25, 0.3) is 0 Å². The Balaban J connectivity index is 1.83. The quantitative estimate of drug-likeness (QED) is 0.644. The van der Waals surface area contributed by atoms with Crippen LogP contribution in [0.4, 0.5) is 5.88 Å². The van der Waals surface area contributed by atoms with Gasteiger partial charge in [0.05, 0.1) is 12.6 Å². The maximum absolute atomic E-state index is 10.5. The highest BCUT2D eigenvalue weighted by atomic mass is 79.9. The smallest absolute Gasteiger partial charge is 0.404 e. The number of benzene rings is 1. The van der Waals surface area contributed by atoms with Crippen molar-refractivity contribution in [2.45, 2.75) is 25.9 Å². The Labute approximate surface area is 125 Å². The normalized spacial score (nSPS) is 12.3. The summed E-state index contributed by atoms with van der Waals surface area (Å²) in [6.45, 7) is 2.55. The Morgan fingerprint density at radius 3 is 2.60 bits per heavy atom. The van der Waals surface area contributed by atoms with Gasteiger partial charge in [0.1, 0.15) is 10.7 Å². The molecule has 0 amide bonds. The molecule has 0 radical (unpaired) electrons. The van der Waals surface area contributed by atoms with Crippen molar-refractivity contribution in [3.63, 3.8) is 0 Å². The van der Waals surface area contributed by atoms with E-state index in [-0.39, 0.29) is 11.9 Å². The van der Waals surface area contributed by atoms with E-state index in [9.17, 15) is 10.1 Å². The van der Waals surface area contributed by atoms with Gasteiger partial charge in [-0.25, -0.2) is 0 Å². The molecular weight excluding hydrogens is 324 g/mol. The SMILES string of the molecule is CC(Cc1ccc(Br)cc1)NCc1ccc([N+](=O)[O-])o1. The molecule has 0 saturated heterocycles. The van der Waals surface area contributed by atoms with E-state index in [4.69, 9.17) is 4.42 Å². The van der Waals surface area contributed by atoms with Crippen LogP contribution < -0.4 is 5.32 Å². The highest BCUT2D eigenvalue weighted by Gasteiger charge is 2.12. The van der Waals surface area contributed by atoms with Crippen molar-refractivity contribution in [2.24, 2.45) is 0 Å². The summed E-state index contributed by atoms with van der Waals surface area (Å²) in [5.74, 6) is 0.349. The predicted octanol–water partition coefficient (Wildman–Crippen LogP) is 3.67. The number of hydrogen-bond acceptors (Lipinski definition) is 4. The molecule has 2 rings (SSSR count). The van der Waals surface area contributed by atoms with Crippen LogP contribution in [0.5, 0.6) is 0 Å². The van der Waals surface area contributed by atoms with E-state index in [1.807, 2.05) is 12.1 Å². The van der Waals surface area contributed by atoms with E-state index < -0.39 is 4.92 Å². The van der Waals surface area contributed by atoms with E-state index in [1.165, 1.54) is 11.6 Å². The predicted molar refractivity (Wildman–Crippen MR) is 79.5 cm³/mol. The summed E-state index contributed by atoms with van der Waals surface area (Å²) in [5, 5.41) is 13.8. The first-order valence-corrected chi connectivity index (χ1v) is 7.05. The summed E-state index contributed by atoms with van der Waals surface area (Å²) < 4.78 is 6.15. The van der Waals surface area contributed by atoms with E-state index in [0.717, 1.165) is 10.9 Å². The van der Waals surface area contributed by atoms with Gasteiger partial charge in [-0.1, -0.05) is 28.1 Å². The summed E-state index contributed by atoms with van der Waals surface area (Å²) in [5.41, 5.74) is 1.23. The van der Waals surface area contributed by atoms with Crippen molar-refractivity contribution in [1.29, 1.82) is 0 Å². The lowest BCUT2D eigenvalue weighted by Crippen LogP contribution is -2.27. The van der Waals surface area contributed by atoms with Crippen LogP contribution in [0.3, 0.4) is 0 Å². The molecule has 1 atom stereocenters. The summed E-state index contributed by atoms with van der Waals surface area (Å²) in [7, 11) is 0. The summed E-state index contributed by atoms with van der Waals surface area (Å²) in [4.78, 5) is 9.98. The molecule has 0 aliphatic rings. The number of nitro groups is 1. The standard InChI is InChI=1S/C14H15BrN2O3/c1-10(8-11-2-4-12(15)5-3-11)16-9-13-6-7-14(20-13)17(18)19/h2-7,10,16H,8-9H2,1H3. The fourth-order valence-corrected chi connectivity index (χ4v) is 2.15. The summed E-state index contributed by atoms with van der Waals surface area (Å²) in [6, 6.07) is 11.4. The van der Waals surface area contributed by atoms with Gasteiger partial charge >= 0.3 is 5.88 Å². The lowest BCUT2D eigenvalue weighted by atomic mass is 10.1. The second-order valence-corrected chi connectivity index (χ2v) is 5.53. The van der Waals surface area contributed by atoms with E-state index in [2.05, 4.69) is 40.3 Å². The lowest BCUT2D eigenvalue weighted by molar-refractivity contribution is -0.402. The average Bonchev–Trinajstić information content (AvgIpc) is 2.88. The largest absolute Gasteiger partial charge is 0.433 e. The van der Waals surface area contributed by atoms with Crippen molar-refractivity contribution in [2.75, 3.05) is 0 Å². The number of furan rings is 1. The minimum Gasteiger partial charge on any atom is -0.404 e. The van der Waals surface area contributed by atoms with Crippen LogP contribution in [0.15, 0.2) is 45.3 Å². The van der Waals surface area contributed by atoms with Crippen molar-refractivity contribution in [3.05, 3.63) is 62.3 Å². The van der Waals surface area contributed by atoms with Crippen LogP contribution >= 0.6 is 15.9 Å². The molecular formula is C14H15BrN2O3. The monoisotopic (exact) mass is 338 g/mol. The Morgan fingerprint density at radius 1 is 1.30 bits per heavy atom. The van der Waals surface area contributed by atoms with Crippen LogP contribution in [0.2, 0.25) is 0 Å². The van der Waals surface area contributed by atoms with Crippen LogP contribution in [0.1, 0.15) is 18.2 Å². The molecule has 1 aromatic heterocycles. The zero-order valence-electron chi connectivity index (χ0n) is 11.0. The molecule has 0 fully saturated rings. The molecule has 0 spiro atoms. The molecule has 0 saturated carbocycles. The third-order valence-corrected chi connectivity index (χ3v) is 3.44. The zero-order valence-corrected chi connectivity index (χ0v) is 12.6. The first-order chi connectivity index (χ1) is 9.54. The van der Waals surface area contributed by atoms with Crippen molar-refractivity contribution in [3.8, 4) is 0 Å². The maximum atomic E-state index is 10.5. The second-order valence-electron chi connectivity index (χ2n) is 4.61. The third-order valence-electron chi connectivity index (χ3n) is 2.91. The molecule has 0 bridgehead atoms. The molecule has 2 aromatic rings. The summed E-state index contributed by atoms with van der Waals surface area (Å²) in [6.07, 6.45) is 0.885. The first-order valence-electron chi connectivity index (χ1n) is 6.25. The lowest BCUT2D eigenvalue weighted by Gasteiger charge is -2.12. The average molecular weight is 339 g/mol. The Bertz CT molecular complexity index is 580. The van der Waals surface area contributed by atoms with Gasteiger partial charge in [0.2, 0.25) is 0 Å². The highest BCUT2D eigenvalue weighted by Crippen LogP contribution is 2.16. The van der Waals surface area contributed by atoms with Gasteiger partial charge in [0.15, 0.2) is 0 Å². The Kier molecular flexibility index (Phi) is 4.92. The summed E-state index contributed by atoms with van der Waals surface area (Å²) >= 11 is 3.40. The molecule has 20 heavy (non-hydrogen) atoms. The number of halogens is 1. The fraction of sp³-hybridized carbons (Fsp3) is 0.286. The fourth-order valence-electron chi connectivity index (χ4n) is 1.88. The van der Waals surface area contributed by atoms with E-state index in [0.29, 0.717) is 12.3 Å².